The Bertz CT molecular complexity index is 523. The molecule has 0 spiro atoms. The smallest absolute Gasteiger partial charge is 0.307 e. The molecular formula is C14H22N2O3S. The van der Waals surface area contributed by atoms with E-state index >= 15 is 0 Å². The maximum Gasteiger partial charge on any atom is 0.307 e. The second kappa shape index (κ2) is 6.54. The average molecular weight is 298 g/mol. The number of aliphatic hydroxyl groups excluding tert-OH is 1. The molecule has 0 radical (unpaired) electrons. The third-order valence-electron chi connectivity index (χ3n) is 4.02. The lowest BCUT2D eigenvalue weighted by atomic mass is 9.96. The van der Waals surface area contributed by atoms with Crippen LogP contribution in [0, 0.1) is 12.8 Å². The summed E-state index contributed by atoms with van der Waals surface area (Å²) < 4.78 is 1.71. The molecule has 0 bridgehead atoms. The monoisotopic (exact) mass is 298 g/mol. The molecule has 1 N–H and O–H groups in total. The molecule has 2 atom stereocenters. The van der Waals surface area contributed by atoms with Gasteiger partial charge in [-0.1, -0.05) is 18.3 Å². The SMILES string of the molecule is Cc1csc(=O)n1CCCC(=O)N1CCC(C)C(O)C1. The molecular weight excluding hydrogens is 276 g/mol. The number of carbonyl (C=O) groups is 1. The fourth-order valence-electron chi connectivity index (χ4n) is 2.50. The van der Waals surface area contributed by atoms with Crippen LogP contribution in [-0.2, 0) is 11.3 Å². The second-order valence-corrected chi connectivity index (χ2v) is 6.39. The summed E-state index contributed by atoms with van der Waals surface area (Å²) in [5, 5.41) is 11.6. The summed E-state index contributed by atoms with van der Waals surface area (Å²) >= 11 is 1.20. The summed E-state index contributed by atoms with van der Waals surface area (Å²) in [6.07, 6.45) is 1.55. The van der Waals surface area contributed by atoms with Crippen LogP contribution >= 0.6 is 11.3 Å². The molecule has 5 nitrogen and oxygen atoms in total. The van der Waals surface area contributed by atoms with Gasteiger partial charge in [0.1, 0.15) is 0 Å². The van der Waals surface area contributed by atoms with Crippen LogP contribution in [0.15, 0.2) is 10.2 Å². The highest BCUT2D eigenvalue weighted by atomic mass is 32.1. The molecule has 1 amide bonds. The van der Waals surface area contributed by atoms with E-state index in [0.717, 1.165) is 18.7 Å². The Morgan fingerprint density at radius 3 is 2.90 bits per heavy atom. The topological polar surface area (TPSA) is 62.5 Å². The third-order valence-corrected chi connectivity index (χ3v) is 4.90. The Kier molecular flexibility index (Phi) is 4.99. The first-order valence-corrected chi connectivity index (χ1v) is 7.97. The predicted octanol–water partition coefficient (Wildman–Crippen LogP) is 1.23. The van der Waals surface area contributed by atoms with E-state index < -0.39 is 6.10 Å². The molecule has 20 heavy (non-hydrogen) atoms. The van der Waals surface area contributed by atoms with E-state index in [4.69, 9.17) is 0 Å². The first-order chi connectivity index (χ1) is 9.49. The maximum absolute atomic E-state index is 12.1. The quantitative estimate of drug-likeness (QED) is 0.909. The fourth-order valence-corrected chi connectivity index (χ4v) is 3.26. The molecule has 0 saturated carbocycles. The number of aromatic nitrogens is 1. The number of piperidine rings is 1. The highest BCUT2D eigenvalue weighted by molar-refractivity contribution is 7.07. The minimum absolute atomic E-state index is 0.0390. The van der Waals surface area contributed by atoms with Gasteiger partial charge in [-0.15, -0.1) is 0 Å². The summed E-state index contributed by atoms with van der Waals surface area (Å²) in [4.78, 5) is 25.4. The molecule has 2 heterocycles. The van der Waals surface area contributed by atoms with E-state index in [1.165, 1.54) is 11.3 Å². The van der Waals surface area contributed by atoms with Crippen LogP contribution in [-0.4, -0.2) is 39.7 Å². The zero-order chi connectivity index (χ0) is 14.7. The normalized spacial score (nSPS) is 23.1. The van der Waals surface area contributed by atoms with Crippen molar-refractivity contribution in [1.29, 1.82) is 0 Å². The molecule has 2 rings (SSSR count). The van der Waals surface area contributed by atoms with Crippen LogP contribution in [0.2, 0.25) is 0 Å². The Balaban J connectivity index is 1.80. The molecule has 112 valence electrons. The van der Waals surface area contributed by atoms with E-state index in [1.54, 1.807) is 9.47 Å². The Labute approximate surface area is 122 Å². The van der Waals surface area contributed by atoms with Crippen LogP contribution < -0.4 is 4.87 Å². The van der Waals surface area contributed by atoms with Crippen molar-refractivity contribution in [3.8, 4) is 0 Å². The summed E-state index contributed by atoms with van der Waals surface area (Å²) in [5.41, 5.74) is 0.953. The van der Waals surface area contributed by atoms with E-state index in [0.29, 0.717) is 25.9 Å². The molecule has 2 unspecified atom stereocenters. The van der Waals surface area contributed by atoms with E-state index in [1.807, 2.05) is 19.2 Å². The molecule has 0 aromatic carbocycles. The van der Waals surface area contributed by atoms with Crippen LogP contribution in [0.5, 0.6) is 0 Å². The Morgan fingerprint density at radius 2 is 2.30 bits per heavy atom. The van der Waals surface area contributed by atoms with Crippen LogP contribution in [0.25, 0.3) is 0 Å². The first-order valence-electron chi connectivity index (χ1n) is 7.10. The summed E-state index contributed by atoms with van der Waals surface area (Å²) in [7, 11) is 0. The number of hydrogen-bond donors (Lipinski definition) is 1. The standard InChI is InChI=1S/C14H22N2O3S/c1-10-5-7-15(8-12(10)17)13(18)4-3-6-16-11(2)9-20-14(16)19/h9-10,12,17H,3-8H2,1-2H3. The molecule has 1 saturated heterocycles. The van der Waals surface area contributed by atoms with Crippen LogP contribution in [0.3, 0.4) is 0 Å². The lowest BCUT2D eigenvalue weighted by molar-refractivity contribution is -0.135. The van der Waals surface area contributed by atoms with Crippen molar-refractivity contribution in [3.05, 3.63) is 20.7 Å². The highest BCUT2D eigenvalue weighted by Gasteiger charge is 2.26. The third kappa shape index (κ3) is 3.49. The van der Waals surface area contributed by atoms with Crippen molar-refractivity contribution in [2.45, 2.75) is 45.8 Å². The number of hydrogen-bond acceptors (Lipinski definition) is 4. The van der Waals surface area contributed by atoms with Crippen molar-refractivity contribution in [2.75, 3.05) is 13.1 Å². The fraction of sp³-hybridized carbons (Fsp3) is 0.714. The molecule has 1 fully saturated rings. The second-order valence-electron chi connectivity index (χ2n) is 5.57. The zero-order valence-electron chi connectivity index (χ0n) is 12.0. The number of aryl methyl sites for hydroxylation is 1. The van der Waals surface area contributed by atoms with Crippen molar-refractivity contribution < 1.29 is 9.90 Å². The highest BCUT2D eigenvalue weighted by Crippen LogP contribution is 2.18. The van der Waals surface area contributed by atoms with Crippen molar-refractivity contribution in [3.63, 3.8) is 0 Å². The van der Waals surface area contributed by atoms with Gasteiger partial charge in [-0.25, -0.2) is 0 Å². The van der Waals surface area contributed by atoms with Gasteiger partial charge < -0.3 is 14.6 Å². The van der Waals surface area contributed by atoms with E-state index in [2.05, 4.69) is 0 Å². The van der Waals surface area contributed by atoms with Gasteiger partial charge in [0, 0.05) is 37.1 Å². The number of carbonyl (C=O) groups excluding carboxylic acids is 1. The molecule has 1 aromatic heterocycles. The number of amides is 1. The average Bonchev–Trinajstić information content (AvgIpc) is 2.73. The molecule has 1 aliphatic rings. The van der Waals surface area contributed by atoms with Crippen molar-refractivity contribution in [1.82, 2.24) is 9.47 Å². The van der Waals surface area contributed by atoms with Gasteiger partial charge in [0.25, 0.3) is 0 Å². The van der Waals surface area contributed by atoms with Gasteiger partial charge in [0.2, 0.25) is 5.91 Å². The van der Waals surface area contributed by atoms with Gasteiger partial charge in [-0.3, -0.25) is 9.59 Å². The lowest BCUT2D eigenvalue weighted by Crippen LogP contribution is -2.45. The van der Waals surface area contributed by atoms with Gasteiger partial charge in [0.15, 0.2) is 0 Å². The molecule has 1 aromatic rings. The maximum atomic E-state index is 12.1. The largest absolute Gasteiger partial charge is 0.391 e. The van der Waals surface area contributed by atoms with E-state index in [-0.39, 0.29) is 16.7 Å². The lowest BCUT2D eigenvalue weighted by Gasteiger charge is -2.34. The Morgan fingerprint density at radius 1 is 1.55 bits per heavy atom. The minimum atomic E-state index is -0.408. The predicted molar refractivity (Wildman–Crippen MR) is 78.9 cm³/mol. The number of aliphatic hydroxyl groups is 1. The number of rotatable bonds is 4. The van der Waals surface area contributed by atoms with Crippen molar-refractivity contribution in [2.24, 2.45) is 5.92 Å². The molecule has 6 heteroatoms. The van der Waals surface area contributed by atoms with Crippen LogP contribution in [0.1, 0.15) is 31.9 Å². The number of nitrogens with zero attached hydrogens (tertiary/aromatic N) is 2. The van der Waals surface area contributed by atoms with Gasteiger partial charge in [-0.2, -0.15) is 0 Å². The van der Waals surface area contributed by atoms with Crippen molar-refractivity contribution >= 4 is 17.2 Å². The summed E-state index contributed by atoms with van der Waals surface area (Å²) in [5.74, 6) is 0.350. The molecule has 1 aliphatic heterocycles. The van der Waals surface area contributed by atoms with Gasteiger partial charge in [0.05, 0.1) is 6.10 Å². The first kappa shape index (κ1) is 15.3. The molecule has 0 aliphatic carbocycles. The zero-order valence-corrected chi connectivity index (χ0v) is 12.9. The Hall–Kier alpha value is -1.14. The summed E-state index contributed by atoms with van der Waals surface area (Å²) in [6.45, 7) is 5.68. The number of thiazole rings is 1. The minimum Gasteiger partial charge on any atom is -0.391 e. The van der Waals surface area contributed by atoms with Gasteiger partial charge in [-0.05, 0) is 25.7 Å². The summed E-state index contributed by atoms with van der Waals surface area (Å²) in [6, 6.07) is 0. The number of β-amino-alcohol motifs (C(OH)–C–C–N with tert-alkyl or cyclic N) is 1. The van der Waals surface area contributed by atoms with Gasteiger partial charge >= 0.3 is 4.87 Å². The van der Waals surface area contributed by atoms with E-state index in [9.17, 15) is 14.7 Å². The van der Waals surface area contributed by atoms with Crippen LogP contribution in [0.4, 0.5) is 0 Å². The number of likely N-dealkylation sites (tertiary alicyclic amines) is 1.